The maximum absolute atomic E-state index is 12.2. The number of hydrogen-bond acceptors (Lipinski definition) is 3. The molecule has 1 heterocycles. The molecule has 21 heavy (non-hydrogen) atoms. The smallest absolute Gasteiger partial charge is 0.242 e. The van der Waals surface area contributed by atoms with Crippen molar-refractivity contribution in [3.05, 3.63) is 52.3 Å². The Morgan fingerprint density at radius 1 is 1.24 bits per heavy atom. The van der Waals surface area contributed by atoms with Crippen LogP contribution in [0.25, 0.3) is 0 Å². The van der Waals surface area contributed by atoms with E-state index in [1.54, 1.807) is 6.07 Å². The molecule has 0 atom stereocenters. The Labute approximate surface area is 133 Å². The van der Waals surface area contributed by atoms with E-state index in [9.17, 15) is 8.42 Å². The molecule has 0 saturated carbocycles. The van der Waals surface area contributed by atoms with Gasteiger partial charge in [-0.1, -0.05) is 35.0 Å². The third-order valence-electron chi connectivity index (χ3n) is 2.95. The summed E-state index contributed by atoms with van der Waals surface area (Å²) in [5, 5.41) is 3.14. The zero-order valence-electron chi connectivity index (χ0n) is 11.7. The van der Waals surface area contributed by atoms with Gasteiger partial charge in [0.25, 0.3) is 0 Å². The maximum atomic E-state index is 12.2. The summed E-state index contributed by atoms with van der Waals surface area (Å²) in [6.07, 6.45) is 1.51. The first kappa shape index (κ1) is 16.2. The van der Waals surface area contributed by atoms with Crippen LogP contribution in [-0.2, 0) is 23.1 Å². The van der Waals surface area contributed by atoms with E-state index in [4.69, 9.17) is 0 Å². The van der Waals surface area contributed by atoms with Crippen molar-refractivity contribution < 1.29 is 8.42 Å². The second kappa shape index (κ2) is 7.22. The van der Waals surface area contributed by atoms with Gasteiger partial charge in [-0.05, 0) is 30.3 Å². The van der Waals surface area contributed by atoms with Crippen molar-refractivity contribution in [3.63, 3.8) is 0 Å². The third-order valence-corrected chi connectivity index (χ3v) is 4.82. The molecule has 0 fully saturated rings. The number of aromatic amines is 1. The first-order valence-corrected chi connectivity index (χ1v) is 8.91. The van der Waals surface area contributed by atoms with Crippen molar-refractivity contribution in [1.29, 1.82) is 0 Å². The third kappa shape index (κ3) is 4.67. The fourth-order valence-corrected chi connectivity index (χ4v) is 3.33. The second-order valence-corrected chi connectivity index (χ2v) is 7.28. The van der Waals surface area contributed by atoms with Crippen LogP contribution in [0.5, 0.6) is 0 Å². The molecule has 7 heteroatoms. The van der Waals surface area contributed by atoms with E-state index < -0.39 is 10.0 Å². The van der Waals surface area contributed by atoms with Crippen molar-refractivity contribution in [2.75, 3.05) is 6.54 Å². The highest BCUT2D eigenvalue weighted by molar-refractivity contribution is 9.10. The fourth-order valence-electron chi connectivity index (χ4n) is 1.84. The molecule has 114 valence electrons. The molecule has 2 rings (SSSR count). The second-order valence-electron chi connectivity index (χ2n) is 4.60. The van der Waals surface area contributed by atoms with Crippen LogP contribution in [0, 0.1) is 0 Å². The van der Waals surface area contributed by atoms with Crippen LogP contribution in [0.1, 0.15) is 18.2 Å². The monoisotopic (exact) mass is 371 g/mol. The van der Waals surface area contributed by atoms with Crippen molar-refractivity contribution >= 4 is 26.0 Å². The Balaban J connectivity index is 2.02. The van der Waals surface area contributed by atoms with Gasteiger partial charge in [-0.15, -0.1) is 0 Å². The van der Waals surface area contributed by atoms with Gasteiger partial charge in [-0.2, -0.15) is 0 Å². The van der Waals surface area contributed by atoms with Crippen LogP contribution in [-0.4, -0.2) is 19.9 Å². The Morgan fingerprint density at radius 2 is 2.05 bits per heavy atom. The van der Waals surface area contributed by atoms with Gasteiger partial charge in [0.1, 0.15) is 0 Å². The first-order valence-electron chi connectivity index (χ1n) is 6.63. The maximum Gasteiger partial charge on any atom is 0.242 e. The number of benzene rings is 1. The van der Waals surface area contributed by atoms with Crippen LogP contribution >= 0.6 is 15.9 Å². The Kier molecular flexibility index (Phi) is 5.58. The van der Waals surface area contributed by atoms with E-state index in [0.29, 0.717) is 6.54 Å². The van der Waals surface area contributed by atoms with E-state index in [1.807, 2.05) is 31.2 Å². The zero-order chi connectivity index (χ0) is 15.3. The molecule has 5 nitrogen and oxygen atoms in total. The Hall–Kier alpha value is -1.15. The molecule has 0 saturated heterocycles. The minimum Gasteiger partial charge on any atom is -0.363 e. The van der Waals surface area contributed by atoms with Crippen LogP contribution < -0.4 is 10.0 Å². The van der Waals surface area contributed by atoms with E-state index in [2.05, 4.69) is 31.0 Å². The normalized spacial score (nSPS) is 11.7. The number of halogens is 1. The molecule has 0 amide bonds. The molecule has 0 aliphatic heterocycles. The van der Waals surface area contributed by atoms with E-state index in [1.165, 1.54) is 6.20 Å². The lowest BCUT2D eigenvalue weighted by Gasteiger charge is -2.05. The van der Waals surface area contributed by atoms with Crippen molar-refractivity contribution in [2.24, 2.45) is 0 Å². The molecular formula is C14H18BrN3O2S. The molecule has 1 aromatic carbocycles. The lowest BCUT2D eigenvalue weighted by atomic mass is 10.2. The molecular weight excluding hydrogens is 354 g/mol. The average molecular weight is 372 g/mol. The molecule has 0 unspecified atom stereocenters. The van der Waals surface area contributed by atoms with Gasteiger partial charge in [0.2, 0.25) is 10.0 Å². The summed E-state index contributed by atoms with van der Waals surface area (Å²) in [7, 11) is -3.50. The highest BCUT2D eigenvalue weighted by Crippen LogP contribution is 2.14. The first-order chi connectivity index (χ1) is 10.0. The van der Waals surface area contributed by atoms with Gasteiger partial charge in [-0.3, -0.25) is 0 Å². The predicted octanol–water partition coefficient (Wildman–Crippen LogP) is 2.37. The van der Waals surface area contributed by atoms with E-state index in [0.717, 1.165) is 22.3 Å². The SMILES string of the molecule is CCNCc1cc(S(=O)(=O)NCc2cccc(Br)c2)c[nH]1. The standard InChI is InChI=1S/C14H18BrN3O2S/c1-2-16-9-13-7-14(10-17-13)21(19,20)18-8-11-4-3-5-12(15)6-11/h3-7,10,16-18H,2,8-9H2,1H3. The topological polar surface area (TPSA) is 74.0 Å². The van der Waals surface area contributed by atoms with E-state index in [-0.39, 0.29) is 11.4 Å². The number of sulfonamides is 1. The number of rotatable bonds is 7. The zero-order valence-corrected chi connectivity index (χ0v) is 14.1. The van der Waals surface area contributed by atoms with Gasteiger partial charge < -0.3 is 10.3 Å². The molecule has 2 aromatic rings. The largest absolute Gasteiger partial charge is 0.363 e. The number of hydrogen-bond donors (Lipinski definition) is 3. The fraction of sp³-hybridized carbons (Fsp3) is 0.286. The summed E-state index contributed by atoms with van der Waals surface area (Å²) < 4.78 is 28.0. The Morgan fingerprint density at radius 3 is 2.76 bits per heavy atom. The van der Waals surface area contributed by atoms with Crippen molar-refractivity contribution in [2.45, 2.75) is 24.9 Å². The molecule has 0 aliphatic rings. The van der Waals surface area contributed by atoms with Gasteiger partial charge in [0, 0.05) is 29.5 Å². The average Bonchev–Trinajstić information content (AvgIpc) is 2.93. The summed E-state index contributed by atoms with van der Waals surface area (Å²) in [6, 6.07) is 9.18. The van der Waals surface area contributed by atoms with Gasteiger partial charge in [0.15, 0.2) is 0 Å². The van der Waals surface area contributed by atoms with Crippen molar-refractivity contribution in [3.8, 4) is 0 Å². The summed E-state index contributed by atoms with van der Waals surface area (Å²) in [6.45, 7) is 3.72. The number of nitrogens with one attached hydrogen (secondary N) is 3. The van der Waals surface area contributed by atoms with Gasteiger partial charge in [0.05, 0.1) is 4.90 Å². The summed E-state index contributed by atoms with van der Waals surface area (Å²) in [5.74, 6) is 0. The molecule has 3 N–H and O–H groups in total. The van der Waals surface area contributed by atoms with E-state index >= 15 is 0 Å². The van der Waals surface area contributed by atoms with Crippen LogP contribution in [0.15, 0.2) is 45.9 Å². The summed E-state index contributed by atoms with van der Waals surface area (Å²) in [4.78, 5) is 3.22. The Bertz CT molecular complexity index is 698. The van der Waals surface area contributed by atoms with Gasteiger partial charge >= 0.3 is 0 Å². The highest BCUT2D eigenvalue weighted by Gasteiger charge is 2.15. The van der Waals surface area contributed by atoms with Crippen LogP contribution in [0.4, 0.5) is 0 Å². The lowest BCUT2D eigenvalue weighted by molar-refractivity contribution is 0.581. The predicted molar refractivity (Wildman–Crippen MR) is 86.3 cm³/mol. The lowest BCUT2D eigenvalue weighted by Crippen LogP contribution is -2.22. The number of aromatic nitrogens is 1. The van der Waals surface area contributed by atoms with Gasteiger partial charge in [-0.25, -0.2) is 13.1 Å². The quantitative estimate of drug-likeness (QED) is 0.699. The molecule has 0 aliphatic carbocycles. The number of H-pyrrole nitrogens is 1. The minimum atomic E-state index is -3.50. The van der Waals surface area contributed by atoms with Crippen LogP contribution in [0.2, 0.25) is 0 Å². The minimum absolute atomic E-state index is 0.255. The molecule has 1 aromatic heterocycles. The summed E-state index contributed by atoms with van der Waals surface area (Å²) in [5.41, 5.74) is 1.75. The molecule has 0 bridgehead atoms. The molecule has 0 spiro atoms. The summed E-state index contributed by atoms with van der Waals surface area (Å²) >= 11 is 3.37. The van der Waals surface area contributed by atoms with Crippen LogP contribution in [0.3, 0.4) is 0 Å². The molecule has 0 radical (unpaired) electrons. The van der Waals surface area contributed by atoms with Crippen molar-refractivity contribution in [1.82, 2.24) is 15.0 Å². The highest BCUT2D eigenvalue weighted by atomic mass is 79.9.